The summed E-state index contributed by atoms with van der Waals surface area (Å²) < 4.78 is 54.8. The summed E-state index contributed by atoms with van der Waals surface area (Å²) in [4.78, 5) is 24.3. The zero-order valence-corrected chi connectivity index (χ0v) is 22.7. The molecule has 1 amide bonds. The molecule has 0 saturated carbocycles. The predicted octanol–water partition coefficient (Wildman–Crippen LogP) is 3.85. The Morgan fingerprint density at radius 1 is 1.10 bits per heavy atom. The third-order valence-corrected chi connectivity index (χ3v) is 7.93. The third-order valence-electron chi connectivity index (χ3n) is 6.01. The van der Waals surface area contributed by atoms with Crippen LogP contribution in [0.5, 0.6) is 11.6 Å². The maximum absolute atomic E-state index is 13.7. The molecule has 1 fully saturated rings. The number of carboxylic acids is 1. The number of morpholine rings is 1. The molecule has 1 aliphatic rings. The number of carboxylic acid groups (broad SMARTS) is 1. The molecule has 1 aliphatic heterocycles. The number of sulfonamides is 1. The fourth-order valence-electron chi connectivity index (χ4n) is 3.96. The van der Waals surface area contributed by atoms with Crippen LogP contribution in [0, 0.1) is 12.7 Å². The number of aromatic nitrogens is 2. The Bertz CT molecular complexity index is 1510. The number of hydrogen-bond donors (Lipinski definition) is 2. The minimum atomic E-state index is -4.13. The van der Waals surface area contributed by atoms with Gasteiger partial charge in [-0.25, -0.2) is 22.3 Å². The predicted molar refractivity (Wildman–Crippen MR) is 139 cm³/mol. The molecule has 1 aromatic heterocycles. The van der Waals surface area contributed by atoms with Crippen LogP contribution in [0.1, 0.15) is 47.2 Å². The summed E-state index contributed by atoms with van der Waals surface area (Å²) in [5, 5.41) is 16.4. The van der Waals surface area contributed by atoms with E-state index in [4.69, 9.17) is 9.47 Å². The fraction of sp³-hybridized carbons (Fsp3) is 0.346. The van der Waals surface area contributed by atoms with Gasteiger partial charge in [0.1, 0.15) is 16.5 Å². The highest BCUT2D eigenvalue weighted by molar-refractivity contribution is 7.89. The molecule has 4 rings (SSSR count). The Labute approximate surface area is 225 Å². The Hall–Kier alpha value is -3.81. The van der Waals surface area contributed by atoms with Crippen molar-refractivity contribution >= 4 is 27.6 Å². The van der Waals surface area contributed by atoms with Crippen LogP contribution in [-0.4, -0.2) is 65.8 Å². The highest BCUT2D eigenvalue weighted by atomic mass is 32.2. The summed E-state index contributed by atoms with van der Waals surface area (Å²) in [6, 6.07) is 9.02. The van der Waals surface area contributed by atoms with Crippen LogP contribution < -0.4 is 10.1 Å². The summed E-state index contributed by atoms with van der Waals surface area (Å²) in [5.41, 5.74) is -0.349. The van der Waals surface area contributed by atoms with Crippen LogP contribution in [-0.2, 0) is 20.3 Å². The Kier molecular flexibility index (Phi) is 7.77. The van der Waals surface area contributed by atoms with Crippen LogP contribution in [0.4, 0.5) is 10.1 Å². The second-order valence-electron chi connectivity index (χ2n) is 9.91. The minimum absolute atomic E-state index is 0.0708. The molecule has 2 N–H and O–H groups in total. The van der Waals surface area contributed by atoms with E-state index in [1.807, 2.05) is 0 Å². The van der Waals surface area contributed by atoms with E-state index >= 15 is 0 Å². The van der Waals surface area contributed by atoms with Crippen molar-refractivity contribution in [2.75, 3.05) is 31.6 Å². The van der Waals surface area contributed by atoms with E-state index in [1.165, 1.54) is 46.2 Å². The van der Waals surface area contributed by atoms with Crippen LogP contribution >= 0.6 is 0 Å². The van der Waals surface area contributed by atoms with Crippen LogP contribution in [0.2, 0.25) is 0 Å². The quantitative estimate of drug-likeness (QED) is 0.444. The van der Waals surface area contributed by atoms with Gasteiger partial charge in [-0.05, 0) is 70.2 Å². The zero-order chi connectivity index (χ0) is 28.5. The van der Waals surface area contributed by atoms with Crippen molar-refractivity contribution < 1.29 is 37.0 Å². The number of benzene rings is 2. The first-order chi connectivity index (χ1) is 18.3. The van der Waals surface area contributed by atoms with E-state index < -0.39 is 33.3 Å². The molecule has 0 radical (unpaired) electrons. The van der Waals surface area contributed by atoms with E-state index in [9.17, 15) is 27.5 Å². The first kappa shape index (κ1) is 28.2. The molecule has 1 saturated heterocycles. The van der Waals surface area contributed by atoms with E-state index in [0.29, 0.717) is 0 Å². The number of nitrogens with one attached hydrogen (secondary N) is 1. The molecular formula is C26H29FN4O7S. The van der Waals surface area contributed by atoms with Crippen LogP contribution in [0.25, 0.3) is 0 Å². The van der Waals surface area contributed by atoms with Gasteiger partial charge in [0.15, 0.2) is 5.69 Å². The van der Waals surface area contributed by atoms with Crippen LogP contribution in [0.15, 0.2) is 47.4 Å². The molecule has 0 unspecified atom stereocenters. The van der Waals surface area contributed by atoms with Gasteiger partial charge in [0.2, 0.25) is 15.9 Å². The van der Waals surface area contributed by atoms with Crippen molar-refractivity contribution in [3.63, 3.8) is 0 Å². The highest BCUT2D eigenvalue weighted by Gasteiger charge is 2.33. The summed E-state index contributed by atoms with van der Waals surface area (Å²) in [7, 11) is -4.13. The van der Waals surface area contributed by atoms with Gasteiger partial charge in [-0.2, -0.15) is 9.40 Å². The highest BCUT2D eigenvalue weighted by Crippen LogP contribution is 2.37. The number of ether oxygens (including phenoxy) is 2. The monoisotopic (exact) mass is 560 g/mol. The fourth-order valence-corrected chi connectivity index (χ4v) is 5.51. The second kappa shape index (κ2) is 10.8. The molecule has 0 atom stereocenters. The van der Waals surface area contributed by atoms with Gasteiger partial charge in [0.25, 0.3) is 5.91 Å². The molecule has 2 aromatic carbocycles. The number of hydrogen-bond acceptors (Lipinski definition) is 7. The molecule has 11 nitrogen and oxygen atoms in total. The average Bonchev–Trinajstić information content (AvgIpc) is 3.22. The lowest BCUT2D eigenvalue weighted by Gasteiger charge is -2.27. The smallest absolute Gasteiger partial charge is 0.356 e. The van der Waals surface area contributed by atoms with Crippen molar-refractivity contribution in [1.82, 2.24) is 14.1 Å². The van der Waals surface area contributed by atoms with Crippen molar-refractivity contribution in [2.45, 2.75) is 38.1 Å². The minimum Gasteiger partial charge on any atom is -0.476 e. The van der Waals surface area contributed by atoms with Crippen LogP contribution in [0.3, 0.4) is 0 Å². The topological polar surface area (TPSA) is 140 Å². The van der Waals surface area contributed by atoms with Gasteiger partial charge < -0.3 is 19.9 Å². The molecular weight excluding hydrogens is 531 g/mol. The van der Waals surface area contributed by atoms with Crippen molar-refractivity contribution in [2.24, 2.45) is 0 Å². The number of aromatic carboxylic acids is 1. The number of halogens is 1. The summed E-state index contributed by atoms with van der Waals surface area (Å²) in [5.74, 6) is -2.32. The zero-order valence-electron chi connectivity index (χ0n) is 21.9. The Balaban J connectivity index is 1.79. The average molecular weight is 561 g/mol. The summed E-state index contributed by atoms with van der Waals surface area (Å²) in [6.07, 6.45) is 0. The maximum Gasteiger partial charge on any atom is 0.356 e. The number of nitrogens with zero attached hydrogens (tertiary/aromatic N) is 3. The van der Waals surface area contributed by atoms with E-state index in [1.54, 1.807) is 20.8 Å². The molecule has 0 aliphatic carbocycles. The lowest BCUT2D eigenvalue weighted by Crippen LogP contribution is -2.40. The van der Waals surface area contributed by atoms with Gasteiger partial charge in [-0.15, -0.1) is 0 Å². The summed E-state index contributed by atoms with van der Waals surface area (Å²) in [6.45, 7) is 7.61. The SMILES string of the molecule is Cc1c(C(=O)O)nn(C(C)(C)C)c1Oc1ccc(NC(=O)c2ccc(F)cc2)cc1S(=O)(=O)N1CCOCC1. The first-order valence-corrected chi connectivity index (χ1v) is 13.5. The molecule has 0 spiro atoms. The normalized spacial score (nSPS) is 14.7. The van der Waals surface area contributed by atoms with Gasteiger partial charge >= 0.3 is 5.97 Å². The number of carbonyl (C=O) groups excluding carboxylic acids is 1. The number of amides is 1. The molecule has 0 bridgehead atoms. The number of carbonyl (C=O) groups is 2. The maximum atomic E-state index is 13.7. The largest absolute Gasteiger partial charge is 0.476 e. The van der Waals surface area contributed by atoms with Crippen molar-refractivity contribution in [3.05, 3.63) is 65.1 Å². The van der Waals surface area contributed by atoms with E-state index in [-0.39, 0.29) is 65.3 Å². The lowest BCUT2D eigenvalue weighted by molar-refractivity contribution is 0.0687. The Morgan fingerprint density at radius 2 is 1.74 bits per heavy atom. The lowest BCUT2D eigenvalue weighted by atomic mass is 10.1. The first-order valence-electron chi connectivity index (χ1n) is 12.1. The number of rotatable bonds is 7. The second-order valence-corrected chi connectivity index (χ2v) is 11.8. The molecule has 208 valence electrons. The molecule has 2 heterocycles. The summed E-state index contributed by atoms with van der Waals surface area (Å²) >= 11 is 0. The van der Waals surface area contributed by atoms with Crippen molar-refractivity contribution in [1.29, 1.82) is 0 Å². The number of anilines is 1. The van der Waals surface area contributed by atoms with Gasteiger partial charge in [-0.1, -0.05) is 0 Å². The van der Waals surface area contributed by atoms with Gasteiger partial charge in [-0.3, -0.25) is 4.79 Å². The standard InChI is InChI=1S/C26H29FN4O7S/c1-16-22(25(33)34)29-31(26(2,3)4)24(16)38-20-10-9-19(28-23(32)17-5-7-18(27)8-6-17)15-21(20)39(35,36)30-11-13-37-14-12-30/h5-10,15H,11-14H2,1-4H3,(H,28,32)(H,33,34). The van der Waals surface area contributed by atoms with E-state index in [2.05, 4.69) is 10.4 Å². The van der Waals surface area contributed by atoms with Crippen molar-refractivity contribution in [3.8, 4) is 11.6 Å². The van der Waals surface area contributed by atoms with Gasteiger partial charge in [0, 0.05) is 29.9 Å². The van der Waals surface area contributed by atoms with E-state index in [0.717, 1.165) is 12.1 Å². The Morgan fingerprint density at radius 3 is 2.33 bits per heavy atom. The van der Waals surface area contributed by atoms with Gasteiger partial charge in [0.05, 0.1) is 18.8 Å². The molecule has 39 heavy (non-hydrogen) atoms. The molecule has 3 aromatic rings. The molecule has 13 heteroatoms. The third kappa shape index (κ3) is 5.95.